The first-order valence-corrected chi connectivity index (χ1v) is 6.81. The van der Waals surface area contributed by atoms with Crippen LogP contribution in [0.2, 0.25) is 0 Å². The maximum absolute atomic E-state index is 8.83. The Balaban J connectivity index is 1.96. The molecule has 0 saturated carbocycles. The molecule has 0 bridgehead atoms. The van der Waals surface area contributed by atoms with Crippen LogP contribution in [0.3, 0.4) is 0 Å². The topological polar surface area (TPSA) is 86.3 Å². The molecule has 2 aromatic rings. The number of hydrogen-bond donors (Lipinski definition) is 2. The van der Waals surface area contributed by atoms with Crippen LogP contribution in [-0.4, -0.2) is 17.8 Å². The van der Waals surface area contributed by atoms with Crippen molar-refractivity contribution in [1.29, 1.82) is 0 Å². The molecule has 0 unspecified atom stereocenters. The summed E-state index contributed by atoms with van der Waals surface area (Å²) in [6, 6.07) is 10.4. The fourth-order valence-electron chi connectivity index (χ4n) is 1.91. The predicted molar refractivity (Wildman–Crippen MR) is 79.3 cm³/mol. The molecule has 3 rings (SSSR count). The van der Waals surface area contributed by atoms with Crippen LogP contribution in [0.1, 0.15) is 5.56 Å². The minimum Gasteiger partial charge on any atom is -0.456 e. The average Bonchev–Trinajstić information content (AvgIpc) is 2.94. The van der Waals surface area contributed by atoms with E-state index in [-0.39, 0.29) is 12.6 Å². The van der Waals surface area contributed by atoms with Crippen molar-refractivity contribution in [3.63, 3.8) is 0 Å². The molecular formula is C14H11BrN2O4. The van der Waals surface area contributed by atoms with E-state index in [4.69, 9.17) is 25.2 Å². The van der Waals surface area contributed by atoms with E-state index in [1.807, 2.05) is 0 Å². The summed E-state index contributed by atoms with van der Waals surface area (Å²) in [5.74, 6) is 2.28. The van der Waals surface area contributed by atoms with Gasteiger partial charge in [-0.3, -0.25) is 0 Å². The van der Waals surface area contributed by atoms with E-state index >= 15 is 0 Å². The van der Waals surface area contributed by atoms with Gasteiger partial charge in [-0.1, -0.05) is 21.1 Å². The fraction of sp³-hybridized carbons (Fsp3) is 0.0714. The largest absolute Gasteiger partial charge is 0.456 e. The molecule has 0 spiro atoms. The summed E-state index contributed by atoms with van der Waals surface area (Å²) in [6.07, 6.45) is 0. The van der Waals surface area contributed by atoms with Crippen molar-refractivity contribution in [2.24, 2.45) is 10.9 Å². The zero-order valence-corrected chi connectivity index (χ0v) is 12.3. The van der Waals surface area contributed by atoms with Gasteiger partial charge in [0.15, 0.2) is 17.3 Å². The molecule has 0 saturated heterocycles. The summed E-state index contributed by atoms with van der Waals surface area (Å²) in [7, 11) is 0. The third kappa shape index (κ3) is 2.73. The molecule has 1 aliphatic rings. The zero-order valence-electron chi connectivity index (χ0n) is 10.7. The van der Waals surface area contributed by atoms with Gasteiger partial charge in [0.05, 0.1) is 5.56 Å². The first-order valence-electron chi connectivity index (χ1n) is 6.02. The highest BCUT2D eigenvalue weighted by atomic mass is 79.9. The second-order valence-electron chi connectivity index (χ2n) is 4.24. The molecule has 21 heavy (non-hydrogen) atoms. The highest BCUT2D eigenvalue weighted by Gasteiger charge is 2.15. The molecule has 0 aromatic heterocycles. The van der Waals surface area contributed by atoms with Crippen molar-refractivity contribution in [2.45, 2.75) is 0 Å². The van der Waals surface area contributed by atoms with Gasteiger partial charge in [0.1, 0.15) is 11.5 Å². The summed E-state index contributed by atoms with van der Waals surface area (Å²) >= 11 is 3.36. The van der Waals surface area contributed by atoms with Crippen molar-refractivity contribution < 1.29 is 19.4 Å². The highest BCUT2D eigenvalue weighted by molar-refractivity contribution is 9.10. The fourth-order valence-corrected chi connectivity index (χ4v) is 2.25. The molecule has 0 radical (unpaired) electrons. The molecule has 1 heterocycles. The third-order valence-electron chi connectivity index (χ3n) is 2.90. The summed E-state index contributed by atoms with van der Waals surface area (Å²) in [5.41, 5.74) is 6.13. The number of rotatable bonds is 3. The van der Waals surface area contributed by atoms with E-state index in [0.29, 0.717) is 28.6 Å². The quantitative estimate of drug-likeness (QED) is 0.384. The van der Waals surface area contributed by atoms with Gasteiger partial charge in [0.2, 0.25) is 6.79 Å². The Morgan fingerprint density at radius 3 is 2.81 bits per heavy atom. The minimum atomic E-state index is -0.0294. The van der Waals surface area contributed by atoms with E-state index in [2.05, 4.69) is 21.1 Å². The van der Waals surface area contributed by atoms with Crippen LogP contribution in [0.4, 0.5) is 0 Å². The number of hydrogen-bond acceptors (Lipinski definition) is 5. The van der Waals surface area contributed by atoms with E-state index in [1.54, 1.807) is 36.4 Å². The lowest BCUT2D eigenvalue weighted by atomic mass is 10.2. The molecule has 0 amide bonds. The van der Waals surface area contributed by atoms with Crippen LogP contribution < -0.4 is 19.9 Å². The maximum atomic E-state index is 8.83. The SMILES string of the molecule is N/C(=N/O)c1ccc(Br)cc1Oc1ccc2c(c1)OCO2. The molecule has 7 heteroatoms. The Bertz CT molecular complexity index is 718. The summed E-state index contributed by atoms with van der Waals surface area (Å²) < 4.78 is 17.2. The van der Waals surface area contributed by atoms with Crippen molar-refractivity contribution in [1.82, 2.24) is 0 Å². The Labute approximate surface area is 128 Å². The Morgan fingerprint density at radius 1 is 1.19 bits per heavy atom. The summed E-state index contributed by atoms with van der Waals surface area (Å²) in [4.78, 5) is 0. The number of nitrogens with two attached hydrogens (primary N) is 1. The standard InChI is InChI=1S/C14H11BrN2O4/c15-8-1-3-10(14(16)17-18)12(5-8)21-9-2-4-11-13(6-9)20-7-19-11/h1-6,18H,7H2,(H2,16,17). The Morgan fingerprint density at radius 2 is 2.00 bits per heavy atom. The highest BCUT2D eigenvalue weighted by Crippen LogP contribution is 2.37. The van der Waals surface area contributed by atoms with Gasteiger partial charge in [-0.05, 0) is 30.3 Å². The van der Waals surface area contributed by atoms with Crippen LogP contribution in [0, 0.1) is 0 Å². The van der Waals surface area contributed by atoms with Gasteiger partial charge in [-0.15, -0.1) is 0 Å². The van der Waals surface area contributed by atoms with Gasteiger partial charge in [0, 0.05) is 10.5 Å². The maximum Gasteiger partial charge on any atom is 0.231 e. The van der Waals surface area contributed by atoms with Crippen molar-refractivity contribution >= 4 is 21.8 Å². The minimum absolute atomic E-state index is 0.0294. The number of fused-ring (bicyclic) bond motifs is 1. The lowest BCUT2D eigenvalue weighted by Gasteiger charge is -2.11. The molecule has 3 N–H and O–H groups in total. The van der Waals surface area contributed by atoms with Crippen molar-refractivity contribution in [3.8, 4) is 23.0 Å². The van der Waals surface area contributed by atoms with Crippen LogP contribution in [0.5, 0.6) is 23.0 Å². The van der Waals surface area contributed by atoms with E-state index < -0.39 is 0 Å². The van der Waals surface area contributed by atoms with Gasteiger partial charge in [-0.25, -0.2) is 0 Å². The zero-order chi connectivity index (χ0) is 14.8. The predicted octanol–water partition coefficient (Wildman–Crippen LogP) is 3.06. The second kappa shape index (κ2) is 5.53. The average molecular weight is 351 g/mol. The molecule has 6 nitrogen and oxygen atoms in total. The monoisotopic (exact) mass is 350 g/mol. The smallest absolute Gasteiger partial charge is 0.231 e. The van der Waals surface area contributed by atoms with Crippen LogP contribution in [-0.2, 0) is 0 Å². The van der Waals surface area contributed by atoms with E-state index in [1.165, 1.54) is 0 Å². The summed E-state index contributed by atoms with van der Waals surface area (Å²) in [5, 5.41) is 11.8. The van der Waals surface area contributed by atoms with Gasteiger partial charge >= 0.3 is 0 Å². The second-order valence-corrected chi connectivity index (χ2v) is 5.16. The molecule has 2 aromatic carbocycles. The normalized spacial score (nSPS) is 13.3. The first kappa shape index (κ1) is 13.6. The number of nitrogens with zero attached hydrogens (tertiary/aromatic N) is 1. The van der Waals surface area contributed by atoms with E-state index in [9.17, 15) is 0 Å². The van der Waals surface area contributed by atoms with Crippen LogP contribution >= 0.6 is 15.9 Å². The van der Waals surface area contributed by atoms with Gasteiger partial charge in [0.25, 0.3) is 0 Å². The van der Waals surface area contributed by atoms with Crippen LogP contribution in [0.25, 0.3) is 0 Å². The lowest BCUT2D eigenvalue weighted by molar-refractivity contribution is 0.174. The molecular weight excluding hydrogens is 340 g/mol. The number of ether oxygens (including phenoxy) is 3. The van der Waals surface area contributed by atoms with Gasteiger partial charge < -0.3 is 25.2 Å². The number of halogens is 1. The Hall–Kier alpha value is -2.41. The third-order valence-corrected chi connectivity index (χ3v) is 3.39. The molecule has 1 aliphatic heterocycles. The number of benzene rings is 2. The van der Waals surface area contributed by atoms with Crippen molar-refractivity contribution in [2.75, 3.05) is 6.79 Å². The number of amidine groups is 1. The molecule has 0 fully saturated rings. The molecule has 108 valence electrons. The Kier molecular flexibility index (Phi) is 3.57. The molecule has 0 aliphatic carbocycles. The van der Waals surface area contributed by atoms with Gasteiger partial charge in [-0.2, -0.15) is 0 Å². The van der Waals surface area contributed by atoms with Crippen molar-refractivity contribution in [3.05, 3.63) is 46.4 Å². The van der Waals surface area contributed by atoms with Crippen LogP contribution in [0.15, 0.2) is 46.0 Å². The van der Waals surface area contributed by atoms with E-state index in [0.717, 1.165) is 4.47 Å². The first-order chi connectivity index (χ1) is 10.2. The lowest BCUT2D eigenvalue weighted by Crippen LogP contribution is -2.14. The summed E-state index contributed by atoms with van der Waals surface area (Å²) in [6.45, 7) is 0.199. The number of oxime groups is 1. The molecule has 0 atom stereocenters.